The minimum atomic E-state index is -0.753. The standard InChI is InChI=1S/C10H12O2/c1-2-3-4-5-6-7-8-9-10(11)12/h2,6H,7-9H2,1H3,(H,11,12). The highest BCUT2D eigenvalue weighted by atomic mass is 16.4. The first-order valence-corrected chi connectivity index (χ1v) is 3.84. The maximum Gasteiger partial charge on any atom is 0.303 e. The molecule has 0 aliphatic carbocycles. The molecule has 64 valence electrons. The fourth-order valence-electron chi connectivity index (χ4n) is 0.592. The van der Waals surface area contributed by atoms with Crippen molar-refractivity contribution in [1.82, 2.24) is 0 Å². The normalized spacial score (nSPS) is 7.42. The van der Waals surface area contributed by atoms with Gasteiger partial charge >= 0.3 is 5.97 Å². The summed E-state index contributed by atoms with van der Waals surface area (Å²) in [7, 11) is 0. The molecule has 0 unspecified atom stereocenters. The van der Waals surface area contributed by atoms with Crippen LogP contribution in [0.4, 0.5) is 0 Å². The van der Waals surface area contributed by atoms with Gasteiger partial charge in [-0.15, -0.1) is 0 Å². The van der Waals surface area contributed by atoms with Gasteiger partial charge in [-0.1, -0.05) is 11.5 Å². The van der Waals surface area contributed by atoms with E-state index in [0.717, 1.165) is 6.42 Å². The van der Waals surface area contributed by atoms with Gasteiger partial charge in [0.25, 0.3) is 0 Å². The number of carbonyl (C=O) groups is 1. The maximum absolute atomic E-state index is 10.1. The Labute approximate surface area is 72.2 Å². The van der Waals surface area contributed by atoms with Gasteiger partial charge in [0.05, 0.1) is 0 Å². The van der Waals surface area contributed by atoms with E-state index >= 15 is 0 Å². The van der Waals surface area contributed by atoms with Crippen LogP contribution in [0.1, 0.15) is 26.2 Å². The number of carboxylic acid groups (broad SMARTS) is 1. The Bertz CT molecular complexity index is 258. The fraction of sp³-hybridized carbons (Fsp3) is 0.400. The van der Waals surface area contributed by atoms with Crippen LogP contribution in [0, 0.1) is 0 Å². The minimum absolute atomic E-state index is 0.214. The molecule has 0 aliphatic rings. The van der Waals surface area contributed by atoms with Crippen molar-refractivity contribution < 1.29 is 9.90 Å². The van der Waals surface area contributed by atoms with E-state index in [1.807, 2.05) is 6.92 Å². The number of rotatable bonds is 4. The zero-order chi connectivity index (χ0) is 9.23. The molecule has 2 nitrogen and oxygen atoms in total. The van der Waals surface area contributed by atoms with Crippen molar-refractivity contribution in [2.75, 3.05) is 0 Å². The van der Waals surface area contributed by atoms with Crippen LogP contribution in [0.15, 0.2) is 29.3 Å². The molecule has 0 rings (SSSR count). The van der Waals surface area contributed by atoms with Crippen molar-refractivity contribution in [3.63, 3.8) is 0 Å². The summed E-state index contributed by atoms with van der Waals surface area (Å²) in [5.74, 6) is -0.753. The second-order valence-electron chi connectivity index (χ2n) is 2.19. The lowest BCUT2D eigenvalue weighted by molar-refractivity contribution is -0.137. The molecule has 0 aromatic rings. The lowest BCUT2D eigenvalue weighted by Crippen LogP contribution is -1.92. The Hall–Kier alpha value is -1.45. The Kier molecular flexibility index (Phi) is 6.73. The third-order valence-corrected chi connectivity index (χ3v) is 1.13. The average Bonchev–Trinajstić information content (AvgIpc) is 2.02. The van der Waals surface area contributed by atoms with Gasteiger partial charge in [0, 0.05) is 6.42 Å². The SMILES string of the molecule is CC=C=C=C=CCCCC(=O)O. The molecule has 0 saturated heterocycles. The molecule has 0 saturated carbocycles. The van der Waals surface area contributed by atoms with Crippen molar-refractivity contribution >= 4 is 5.97 Å². The summed E-state index contributed by atoms with van der Waals surface area (Å²) in [6, 6.07) is 0. The topological polar surface area (TPSA) is 37.3 Å². The summed E-state index contributed by atoms with van der Waals surface area (Å²) < 4.78 is 0. The summed E-state index contributed by atoms with van der Waals surface area (Å²) in [4.78, 5) is 10.1. The average molecular weight is 164 g/mol. The Morgan fingerprint density at radius 2 is 2.25 bits per heavy atom. The molecule has 2 heteroatoms. The van der Waals surface area contributed by atoms with Crippen molar-refractivity contribution in [2.45, 2.75) is 26.2 Å². The molecule has 0 aromatic carbocycles. The number of carboxylic acids is 1. The van der Waals surface area contributed by atoms with Crippen LogP contribution in [0.3, 0.4) is 0 Å². The molecule has 0 fully saturated rings. The zero-order valence-electron chi connectivity index (χ0n) is 7.13. The van der Waals surface area contributed by atoms with Crippen molar-refractivity contribution in [2.24, 2.45) is 0 Å². The van der Waals surface area contributed by atoms with Gasteiger partial charge < -0.3 is 5.11 Å². The molecule has 1 N–H and O–H groups in total. The third-order valence-electron chi connectivity index (χ3n) is 1.13. The quantitative estimate of drug-likeness (QED) is 0.511. The number of aliphatic carboxylic acids is 1. The van der Waals surface area contributed by atoms with Crippen LogP contribution in [0.5, 0.6) is 0 Å². The summed E-state index contributed by atoms with van der Waals surface area (Å²) in [5.41, 5.74) is 8.13. The van der Waals surface area contributed by atoms with Gasteiger partial charge in [0.15, 0.2) is 0 Å². The van der Waals surface area contributed by atoms with E-state index in [2.05, 4.69) is 17.2 Å². The largest absolute Gasteiger partial charge is 0.481 e. The molecule has 0 heterocycles. The molecule has 0 atom stereocenters. The lowest BCUT2D eigenvalue weighted by atomic mass is 10.2. The van der Waals surface area contributed by atoms with Crippen LogP contribution in [-0.2, 0) is 4.79 Å². The van der Waals surface area contributed by atoms with Gasteiger partial charge in [-0.05, 0) is 37.6 Å². The third kappa shape index (κ3) is 8.55. The van der Waals surface area contributed by atoms with Crippen LogP contribution in [0.25, 0.3) is 0 Å². The Balaban J connectivity index is 3.63. The second-order valence-corrected chi connectivity index (χ2v) is 2.19. The summed E-state index contributed by atoms with van der Waals surface area (Å²) in [6.45, 7) is 1.85. The first kappa shape index (κ1) is 10.6. The van der Waals surface area contributed by atoms with E-state index in [9.17, 15) is 4.79 Å². The number of unbranched alkanes of at least 4 members (excludes halogenated alkanes) is 1. The highest BCUT2D eigenvalue weighted by Gasteiger charge is 1.92. The zero-order valence-corrected chi connectivity index (χ0v) is 7.13. The van der Waals surface area contributed by atoms with Crippen LogP contribution in [-0.4, -0.2) is 11.1 Å². The van der Waals surface area contributed by atoms with Gasteiger partial charge in [0.1, 0.15) is 0 Å². The predicted octanol–water partition coefficient (Wildman–Crippen LogP) is 2.28. The van der Waals surface area contributed by atoms with Gasteiger partial charge in [0.2, 0.25) is 0 Å². The van der Waals surface area contributed by atoms with Crippen molar-refractivity contribution in [3.05, 3.63) is 29.3 Å². The predicted molar refractivity (Wildman–Crippen MR) is 46.8 cm³/mol. The molecule has 0 amide bonds. The Morgan fingerprint density at radius 3 is 2.83 bits per heavy atom. The molecule has 0 spiro atoms. The van der Waals surface area contributed by atoms with E-state index in [1.54, 1.807) is 12.2 Å². The van der Waals surface area contributed by atoms with Crippen molar-refractivity contribution in [1.29, 1.82) is 0 Å². The second kappa shape index (κ2) is 7.65. The van der Waals surface area contributed by atoms with Crippen LogP contribution in [0.2, 0.25) is 0 Å². The monoisotopic (exact) mass is 164 g/mol. The Morgan fingerprint density at radius 1 is 1.50 bits per heavy atom. The van der Waals surface area contributed by atoms with Crippen LogP contribution >= 0.6 is 0 Å². The van der Waals surface area contributed by atoms with E-state index in [4.69, 9.17) is 5.11 Å². The molecule has 12 heavy (non-hydrogen) atoms. The molecule has 0 aliphatic heterocycles. The fourth-order valence-corrected chi connectivity index (χ4v) is 0.592. The summed E-state index contributed by atoms with van der Waals surface area (Å²) >= 11 is 0. The van der Waals surface area contributed by atoms with E-state index in [-0.39, 0.29) is 6.42 Å². The summed E-state index contributed by atoms with van der Waals surface area (Å²) in [6.07, 6.45) is 5.09. The lowest BCUT2D eigenvalue weighted by Gasteiger charge is -1.86. The highest BCUT2D eigenvalue weighted by Crippen LogP contribution is 1.94. The number of hydrogen-bond donors (Lipinski definition) is 1. The maximum atomic E-state index is 10.1. The van der Waals surface area contributed by atoms with Gasteiger partial charge in [-0.25, -0.2) is 0 Å². The highest BCUT2D eigenvalue weighted by molar-refractivity contribution is 5.66. The molecule has 0 bridgehead atoms. The van der Waals surface area contributed by atoms with E-state index < -0.39 is 5.97 Å². The van der Waals surface area contributed by atoms with E-state index in [1.165, 1.54) is 0 Å². The summed E-state index contributed by atoms with van der Waals surface area (Å²) in [5, 5.41) is 8.29. The van der Waals surface area contributed by atoms with Gasteiger partial charge in [-0.3, -0.25) is 4.79 Å². The smallest absolute Gasteiger partial charge is 0.303 e. The van der Waals surface area contributed by atoms with Gasteiger partial charge in [-0.2, -0.15) is 0 Å². The molecule has 0 aromatic heterocycles. The number of allylic oxidation sites excluding steroid dienone is 2. The van der Waals surface area contributed by atoms with Crippen molar-refractivity contribution in [3.8, 4) is 0 Å². The molecular formula is C10H12O2. The first-order chi connectivity index (χ1) is 5.77. The first-order valence-electron chi connectivity index (χ1n) is 3.84. The van der Waals surface area contributed by atoms with E-state index in [0.29, 0.717) is 6.42 Å². The molecular weight excluding hydrogens is 152 g/mol. The molecule has 0 radical (unpaired) electrons. The number of hydrogen-bond acceptors (Lipinski definition) is 1. The minimum Gasteiger partial charge on any atom is -0.481 e. The van der Waals surface area contributed by atoms with Crippen LogP contribution < -0.4 is 0 Å².